The number of pyridine rings is 1. The van der Waals surface area contributed by atoms with E-state index in [9.17, 15) is 4.79 Å². The van der Waals surface area contributed by atoms with Crippen LogP contribution in [0.2, 0.25) is 0 Å². The van der Waals surface area contributed by atoms with Crippen molar-refractivity contribution >= 4 is 22.6 Å². The van der Waals surface area contributed by atoms with Crippen molar-refractivity contribution < 1.29 is 9.53 Å². The zero-order chi connectivity index (χ0) is 14.7. The number of anilines is 1. The van der Waals surface area contributed by atoms with Gasteiger partial charge in [0.05, 0.1) is 18.7 Å². The highest BCUT2D eigenvalue weighted by Gasteiger charge is 2.17. The number of nitrogen functional groups attached to an aromatic ring is 1. The van der Waals surface area contributed by atoms with Gasteiger partial charge in [-0.3, -0.25) is 4.79 Å². The number of aromatic nitrogens is 1. The predicted molar refractivity (Wildman–Crippen MR) is 81.9 cm³/mol. The van der Waals surface area contributed by atoms with Gasteiger partial charge in [0.1, 0.15) is 5.82 Å². The molecule has 0 unspecified atom stereocenters. The minimum atomic E-state index is 0.158. The number of amides is 1. The van der Waals surface area contributed by atoms with Crippen LogP contribution >= 0.6 is 0 Å². The van der Waals surface area contributed by atoms with Crippen LogP contribution in [-0.2, 0) is 16.0 Å². The van der Waals surface area contributed by atoms with Gasteiger partial charge in [0.2, 0.25) is 5.91 Å². The molecular formula is C16H19N3O2. The lowest BCUT2D eigenvalue weighted by atomic mass is 10.1. The SMILES string of the molecule is Nc1nc2ccccc2cc1CCC(=O)N1CCOCC1. The number of nitrogens with two attached hydrogens (primary N) is 1. The molecule has 1 aromatic heterocycles. The first-order chi connectivity index (χ1) is 10.2. The van der Waals surface area contributed by atoms with Gasteiger partial charge in [0.25, 0.3) is 0 Å². The molecule has 0 atom stereocenters. The molecule has 1 aromatic carbocycles. The molecule has 1 saturated heterocycles. The Kier molecular flexibility index (Phi) is 4.01. The Morgan fingerprint density at radius 2 is 2.05 bits per heavy atom. The Bertz CT molecular complexity index is 651. The Hall–Kier alpha value is -2.14. The molecule has 0 aliphatic carbocycles. The largest absolute Gasteiger partial charge is 0.383 e. The maximum atomic E-state index is 12.2. The molecule has 5 nitrogen and oxygen atoms in total. The molecule has 2 aromatic rings. The van der Waals surface area contributed by atoms with Gasteiger partial charge in [-0.2, -0.15) is 0 Å². The molecule has 1 amide bonds. The van der Waals surface area contributed by atoms with Crippen molar-refractivity contribution in [2.75, 3.05) is 32.0 Å². The average molecular weight is 285 g/mol. The molecule has 110 valence electrons. The molecule has 0 bridgehead atoms. The molecule has 2 heterocycles. The van der Waals surface area contributed by atoms with Crippen molar-refractivity contribution in [2.45, 2.75) is 12.8 Å². The Labute approximate surface area is 123 Å². The zero-order valence-electron chi connectivity index (χ0n) is 11.9. The second-order valence-corrected chi connectivity index (χ2v) is 5.22. The minimum absolute atomic E-state index is 0.158. The Morgan fingerprint density at radius 1 is 1.29 bits per heavy atom. The second-order valence-electron chi connectivity index (χ2n) is 5.22. The van der Waals surface area contributed by atoms with Crippen LogP contribution in [-0.4, -0.2) is 42.1 Å². The summed E-state index contributed by atoms with van der Waals surface area (Å²) in [5, 5.41) is 1.06. The minimum Gasteiger partial charge on any atom is -0.383 e. The van der Waals surface area contributed by atoms with Crippen LogP contribution in [0.1, 0.15) is 12.0 Å². The van der Waals surface area contributed by atoms with Crippen LogP contribution in [0.5, 0.6) is 0 Å². The van der Waals surface area contributed by atoms with E-state index in [1.807, 2.05) is 35.2 Å². The van der Waals surface area contributed by atoms with Crippen LogP contribution < -0.4 is 5.73 Å². The first kappa shape index (κ1) is 13.8. The fourth-order valence-corrected chi connectivity index (χ4v) is 2.59. The molecule has 0 spiro atoms. The summed E-state index contributed by atoms with van der Waals surface area (Å²) in [6, 6.07) is 9.90. The van der Waals surface area contributed by atoms with E-state index in [4.69, 9.17) is 10.5 Å². The highest BCUT2D eigenvalue weighted by atomic mass is 16.5. The number of para-hydroxylation sites is 1. The van der Waals surface area contributed by atoms with Gasteiger partial charge < -0.3 is 15.4 Å². The number of fused-ring (bicyclic) bond motifs is 1. The van der Waals surface area contributed by atoms with E-state index in [1.165, 1.54) is 0 Å². The Morgan fingerprint density at radius 3 is 2.86 bits per heavy atom. The van der Waals surface area contributed by atoms with E-state index in [0.717, 1.165) is 16.5 Å². The van der Waals surface area contributed by atoms with Crippen molar-refractivity contribution in [1.82, 2.24) is 9.88 Å². The van der Waals surface area contributed by atoms with Crippen LogP contribution in [0.3, 0.4) is 0 Å². The maximum Gasteiger partial charge on any atom is 0.223 e. The van der Waals surface area contributed by atoms with E-state index in [-0.39, 0.29) is 5.91 Å². The summed E-state index contributed by atoms with van der Waals surface area (Å²) in [6.07, 6.45) is 1.09. The number of aryl methyl sites for hydroxylation is 1. The molecule has 1 fully saturated rings. The predicted octanol–water partition coefficient (Wildman–Crippen LogP) is 1.61. The lowest BCUT2D eigenvalue weighted by molar-refractivity contribution is -0.135. The van der Waals surface area contributed by atoms with Gasteiger partial charge in [-0.25, -0.2) is 4.98 Å². The quantitative estimate of drug-likeness (QED) is 0.930. The van der Waals surface area contributed by atoms with Crippen LogP contribution in [0, 0.1) is 0 Å². The number of hydrogen-bond donors (Lipinski definition) is 1. The average Bonchev–Trinajstić information content (AvgIpc) is 2.53. The number of nitrogens with zero attached hydrogens (tertiary/aromatic N) is 2. The zero-order valence-corrected chi connectivity index (χ0v) is 11.9. The van der Waals surface area contributed by atoms with Gasteiger partial charge in [0.15, 0.2) is 0 Å². The number of carbonyl (C=O) groups excluding carboxylic acids is 1. The maximum absolute atomic E-state index is 12.2. The molecule has 0 radical (unpaired) electrons. The van der Waals surface area contributed by atoms with E-state index in [1.54, 1.807) is 0 Å². The monoisotopic (exact) mass is 285 g/mol. The lowest BCUT2D eigenvalue weighted by Crippen LogP contribution is -2.40. The number of carbonyl (C=O) groups is 1. The topological polar surface area (TPSA) is 68.5 Å². The molecule has 21 heavy (non-hydrogen) atoms. The van der Waals surface area contributed by atoms with E-state index >= 15 is 0 Å². The van der Waals surface area contributed by atoms with E-state index < -0.39 is 0 Å². The normalized spacial score (nSPS) is 15.3. The van der Waals surface area contributed by atoms with Crippen LogP contribution in [0.25, 0.3) is 10.9 Å². The molecular weight excluding hydrogens is 266 g/mol. The molecule has 2 N–H and O–H groups in total. The Balaban J connectivity index is 1.69. The van der Waals surface area contributed by atoms with Crippen molar-refractivity contribution in [1.29, 1.82) is 0 Å². The van der Waals surface area contributed by atoms with E-state index in [0.29, 0.717) is 45.0 Å². The van der Waals surface area contributed by atoms with E-state index in [2.05, 4.69) is 4.98 Å². The molecule has 0 saturated carbocycles. The first-order valence-electron chi connectivity index (χ1n) is 7.24. The van der Waals surface area contributed by atoms with Crippen molar-refractivity contribution in [3.8, 4) is 0 Å². The fraction of sp³-hybridized carbons (Fsp3) is 0.375. The second kappa shape index (κ2) is 6.10. The summed E-state index contributed by atoms with van der Waals surface area (Å²) < 4.78 is 5.26. The summed E-state index contributed by atoms with van der Waals surface area (Å²) in [6.45, 7) is 2.63. The first-order valence-corrected chi connectivity index (χ1v) is 7.24. The fourth-order valence-electron chi connectivity index (χ4n) is 2.59. The van der Waals surface area contributed by atoms with Gasteiger partial charge in [-0.05, 0) is 24.1 Å². The van der Waals surface area contributed by atoms with Gasteiger partial charge in [0, 0.05) is 24.9 Å². The number of morpholine rings is 1. The molecule has 3 rings (SSSR count). The lowest BCUT2D eigenvalue weighted by Gasteiger charge is -2.26. The summed E-state index contributed by atoms with van der Waals surface area (Å²) in [7, 11) is 0. The highest BCUT2D eigenvalue weighted by Crippen LogP contribution is 2.19. The standard InChI is InChI=1S/C16H19N3O2/c17-16-13(11-12-3-1-2-4-14(12)18-16)5-6-15(20)19-7-9-21-10-8-19/h1-4,11H,5-10H2,(H2,17,18). The smallest absolute Gasteiger partial charge is 0.223 e. The van der Waals surface area contributed by atoms with Gasteiger partial charge in [-0.15, -0.1) is 0 Å². The summed E-state index contributed by atoms with van der Waals surface area (Å²) in [5.41, 5.74) is 7.82. The van der Waals surface area contributed by atoms with Gasteiger partial charge in [-0.1, -0.05) is 18.2 Å². The van der Waals surface area contributed by atoms with Crippen molar-refractivity contribution in [3.05, 3.63) is 35.9 Å². The molecule has 1 aliphatic heterocycles. The summed E-state index contributed by atoms with van der Waals surface area (Å²) in [4.78, 5) is 18.4. The number of rotatable bonds is 3. The molecule has 1 aliphatic rings. The van der Waals surface area contributed by atoms with Crippen molar-refractivity contribution in [2.24, 2.45) is 0 Å². The number of hydrogen-bond acceptors (Lipinski definition) is 4. The third-order valence-electron chi connectivity index (χ3n) is 3.81. The van der Waals surface area contributed by atoms with Gasteiger partial charge >= 0.3 is 0 Å². The third kappa shape index (κ3) is 3.13. The van der Waals surface area contributed by atoms with Crippen LogP contribution in [0.15, 0.2) is 30.3 Å². The van der Waals surface area contributed by atoms with Crippen LogP contribution in [0.4, 0.5) is 5.82 Å². The number of ether oxygens (including phenoxy) is 1. The summed E-state index contributed by atoms with van der Waals surface area (Å²) in [5.74, 6) is 0.675. The van der Waals surface area contributed by atoms with Crippen molar-refractivity contribution in [3.63, 3.8) is 0 Å². The molecule has 5 heteroatoms. The third-order valence-corrected chi connectivity index (χ3v) is 3.81. The summed E-state index contributed by atoms with van der Waals surface area (Å²) >= 11 is 0. The highest BCUT2D eigenvalue weighted by molar-refractivity contribution is 5.82. The number of benzene rings is 1.